The maximum Gasteiger partial charge on any atom is 0.268 e. The van der Waals surface area contributed by atoms with Crippen LogP contribution in [0, 0.1) is 12.7 Å². The third-order valence-corrected chi connectivity index (χ3v) is 8.78. The molecule has 0 N–H and O–H groups in total. The fourth-order valence-electron chi connectivity index (χ4n) is 3.83. The van der Waals surface area contributed by atoms with Crippen molar-refractivity contribution in [1.82, 2.24) is 14.4 Å². The monoisotopic (exact) mass is 484 g/mol. The number of piperazine rings is 1. The van der Waals surface area contributed by atoms with Crippen LogP contribution in [0.4, 0.5) is 10.1 Å². The summed E-state index contributed by atoms with van der Waals surface area (Å²) >= 11 is 1.32. The second-order valence-corrected chi connectivity index (χ2v) is 10.9. The Labute approximate surface area is 195 Å². The zero-order valence-corrected chi connectivity index (χ0v) is 19.4. The lowest BCUT2D eigenvalue weighted by Gasteiger charge is -2.35. The number of thiophene rings is 1. The molecule has 7 nitrogen and oxygen atoms in total. The van der Waals surface area contributed by atoms with Gasteiger partial charge < -0.3 is 9.42 Å². The van der Waals surface area contributed by atoms with Crippen molar-refractivity contribution >= 4 is 27.0 Å². The van der Waals surface area contributed by atoms with E-state index in [1.54, 1.807) is 25.1 Å². The molecule has 1 fully saturated rings. The second kappa shape index (κ2) is 8.69. The molecular formula is C23H21FN4O3S2. The number of benzene rings is 2. The average molecular weight is 485 g/mol. The molecule has 0 unspecified atom stereocenters. The van der Waals surface area contributed by atoms with Gasteiger partial charge in [0.05, 0.1) is 9.77 Å². The summed E-state index contributed by atoms with van der Waals surface area (Å²) in [6, 6.07) is 17.3. The molecule has 0 bridgehead atoms. The Balaban J connectivity index is 1.34. The Bertz CT molecular complexity index is 1360. The van der Waals surface area contributed by atoms with Crippen molar-refractivity contribution in [3.05, 3.63) is 71.4 Å². The maximum absolute atomic E-state index is 13.4. The normalized spacial score (nSPS) is 15.2. The summed E-state index contributed by atoms with van der Waals surface area (Å²) in [7, 11) is -3.67. The summed E-state index contributed by atoms with van der Waals surface area (Å²) in [5.74, 6) is 0.461. The molecule has 0 radical (unpaired) electrons. The Morgan fingerprint density at radius 3 is 2.39 bits per heavy atom. The number of hydrogen-bond acceptors (Lipinski definition) is 7. The molecule has 5 rings (SSSR count). The Morgan fingerprint density at radius 2 is 1.70 bits per heavy atom. The number of anilines is 1. The summed E-state index contributed by atoms with van der Waals surface area (Å²) in [6.45, 7) is 3.55. The van der Waals surface area contributed by atoms with Gasteiger partial charge in [0.1, 0.15) is 5.82 Å². The molecule has 1 aliphatic rings. The minimum atomic E-state index is -3.67. The molecule has 33 heavy (non-hydrogen) atoms. The first-order chi connectivity index (χ1) is 15.9. The molecular weight excluding hydrogens is 463 g/mol. The lowest BCUT2D eigenvalue weighted by atomic mass is 10.2. The number of rotatable bonds is 5. The van der Waals surface area contributed by atoms with E-state index in [-0.39, 0.29) is 10.7 Å². The topological polar surface area (TPSA) is 79.5 Å². The van der Waals surface area contributed by atoms with Crippen molar-refractivity contribution in [3.8, 4) is 22.2 Å². The van der Waals surface area contributed by atoms with E-state index in [1.807, 2.05) is 30.3 Å². The largest absolute Gasteiger partial charge is 0.369 e. The number of aromatic nitrogens is 2. The van der Waals surface area contributed by atoms with Crippen molar-refractivity contribution in [3.63, 3.8) is 0 Å². The van der Waals surface area contributed by atoms with E-state index in [0.29, 0.717) is 47.6 Å². The third-order valence-electron chi connectivity index (χ3n) is 5.59. The van der Waals surface area contributed by atoms with Crippen LogP contribution >= 0.6 is 11.3 Å². The van der Waals surface area contributed by atoms with E-state index in [4.69, 9.17) is 4.52 Å². The number of aryl methyl sites for hydroxylation is 1. The number of hydrogen-bond donors (Lipinski definition) is 0. The van der Waals surface area contributed by atoms with Gasteiger partial charge in [-0.25, -0.2) is 12.8 Å². The van der Waals surface area contributed by atoms with E-state index in [1.165, 1.54) is 27.8 Å². The van der Waals surface area contributed by atoms with E-state index in [0.717, 1.165) is 11.3 Å². The summed E-state index contributed by atoms with van der Waals surface area (Å²) in [4.78, 5) is 8.05. The Morgan fingerprint density at radius 1 is 1.00 bits per heavy atom. The van der Waals surface area contributed by atoms with Crippen molar-refractivity contribution in [2.45, 2.75) is 11.8 Å². The van der Waals surface area contributed by atoms with Gasteiger partial charge in [-0.2, -0.15) is 9.29 Å². The van der Waals surface area contributed by atoms with Gasteiger partial charge in [-0.1, -0.05) is 35.5 Å². The number of sulfonamides is 1. The summed E-state index contributed by atoms with van der Waals surface area (Å²) in [5, 5.41) is 4.03. The van der Waals surface area contributed by atoms with Gasteiger partial charge in [-0.15, -0.1) is 11.3 Å². The Hall–Kier alpha value is -3.08. The second-order valence-electron chi connectivity index (χ2n) is 7.69. The number of nitrogens with zero attached hydrogens (tertiary/aromatic N) is 4. The molecule has 2 aromatic heterocycles. The van der Waals surface area contributed by atoms with Gasteiger partial charge in [0, 0.05) is 42.3 Å². The predicted molar refractivity (Wildman–Crippen MR) is 125 cm³/mol. The van der Waals surface area contributed by atoms with Gasteiger partial charge in [0.15, 0.2) is 0 Å². The van der Waals surface area contributed by atoms with Crippen molar-refractivity contribution in [1.29, 1.82) is 0 Å². The van der Waals surface area contributed by atoms with Crippen LogP contribution in [-0.2, 0) is 10.0 Å². The zero-order chi connectivity index (χ0) is 23.0. The third kappa shape index (κ3) is 4.29. The van der Waals surface area contributed by atoms with Crippen molar-refractivity contribution in [2.75, 3.05) is 31.1 Å². The molecule has 10 heteroatoms. The molecule has 2 aromatic carbocycles. The first kappa shape index (κ1) is 21.7. The fraction of sp³-hybridized carbons (Fsp3) is 0.217. The SMILES string of the molecule is Cc1sc(-c2nc(-c3ccccc3)no2)cc1S(=O)(=O)N1CCN(c2ccc(F)cc2)CC1. The smallest absolute Gasteiger partial charge is 0.268 e. The highest BCUT2D eigenvalue weighted by atomic mass is 32.2. The molecule has 0 spiro atoms. The Kier molecular flexibility index (Phi) is 5.73. The predicted octanol–water partition coefficient (Wildman–Crippen LogP) is 4.42. The first-order valence-corrected chi connectivity index (χ1v) is 12.7. The first-order valence-electron chi connectivity index (χ1n) is 10.4. The minimum absolute atomic E-state index is 0.261. The molecule has 0 amide bonds. The van der Waals surface area contributed by atoms with Gasteiger partial charge >= 0.3 is 0 Å². The van der Waals surface area contributed by atoms with E-state index in [9.17, 15) is 12.8 Å². The van der Waals surface area contributed by atoms with Crippen LogP contribution in [0.2, 0.25) is 0 Å². The van der Waals surface area contributed by atoms with E-state index < -0.39 is 10.0 Å². The molecule has 170 valence electrons. The van der Waals surface area contributed by atoms with Crippen LogP contribution < -0.4 is 4.90 Å². The van der Waals surface area contributed by atoms with Crippen LogP contribution in [0.5, 0.6) is 0 Å². The highest BCUT2D eigenvalue weighted by molar-refractivity contribution is 7.89. The van der Waals surface area contributed by atoms with Crippen LogP contribution in [0.1, 0.15) is 4.88 Å². The van der Waals surface area contributed by atoms with E-state index in [2.05, 4.69) is 15.0 Å². The standard InChI is InChI=1S/C23H21FN4O3S2/c1-16-21(15-20(32-16)23-25-22(26-31-23)17-5-3-2-4-6-17)33(29,30)28-13-11-27(12-14-28)19-9-7-18(24)8-10-19/h2-10,15H,11-14H2,1H3. The molecule has 3 heterocycles. The maximum atomic E-state index is 13.4. The van der Waals surface area contributed by atoms with E-state index >= 15 is 0 Å². The van der Waals surface area contributed by atoms with Crippen molar-refractivity contribution < 1.29 is 17.3 Å². The minimum Gasteiger partial charge on any atom is -0.369 e. The fourth-order valence-corrected chi connectivity index (χ4v) is 6.74. The highest BCUT2D eigenvalue weighted by Gasteiger charge is 2.31. The van der Waals surface area contributed by atoms with Gasteiger partial charge in [-0.05, 0) is 37.3 Å². The molecule has 0 aliphatic carbocycles. The molecule has 1 aliphatic heterocycles. The molecule has 0 saturated carbocycles. The molecule has 0 atom stereocenters. The van der Waals surface area contributed by atoms with Gasteiger partial charge in [0.2, 0.25) is 15.8 Å². The van der Waals surface area contributed by atoms with Gasteiger partial charge in [-0.3, -0.25) is 0 Å². The molecule has 4 aromatic rings. The van der Waals surface area contributed by atoms with Crippen molar-refractivity contribution in [2.24, 2.45) is 0 Å². The van der Waals surface area contributed by atoms with Crippen LogP contribution in [0.25, 0.3) is 22.2 Å². The summed E-state index contributed by atoms with van der Waals surface area (Å²) in [5.41, 5.74) is 1.71. The lowest BCUT2D eigenvalue weighted by Crippen LogP contribution is -2.48. The highest BCUT2D eigenvalue weighted by Crippen LogP contribution is 2.35. The summed E-state index contributed by atoms with van der Waals surface area (Å²) < 4.78 is 46.8. The van der Waals surface area contributed by atoms with Crippen LogP contribution in [-0.4, -0.2) is 49.0 Å². The molecule has 1 saturated heterocycles. The zero-order valence-electron chi connectivity index (χ0n) is 17.8. The van der Waals surface area contributed by atoms with Crippen LogP contribution in [0.3, 0.4) is 0 Å². The van der Waals surface area contributed by atoms with Gasteiger partial charge in [0.25, 0.3) is 5.89 Å². The van der Waals surface area contributed by atoms with Crippen LogP contribution in [0.15, 0.2) is 70.1 Å². The summed E-state index contributed by atoms with van der Waals surface area (Å²) in [6.07, 6.45) is 0. The quantitative estimate of drug-likeness (QED) is 0.417. The number of halogens is 1. The lowest BCUT2D eigenvalue weighted by molar-refractivity contribution is 0.385. The average Bonchev–Trinajstić information content (AvgIpc) is 3.48.